The van der Waals surface area contributed by atoms with E-state index in [2.05, 4.69) is 0 Å². The van der Waals surface area contributed by atoms with Gasteiger partial charge in [-0.05, 0) is 0 Å². The van der Waals surface area contributed by atoms with E-state index >= 15 is 0 Å². The topological polar surface area (TPSA) is 178 Å². The van der Waals surface area contributed by atoms with Crippen LogP contribution in [0.2, 0.25) is 0 Å². The molecule has 0 spiro atoms. The van der Waals surface area contributed by atoms with E-state index in [0.717, 1.165) is 10.7 Å². The number of methoxy groups -OCH3 is 2. The molecule has 0 aromatic heterocycles. The van der Waals surface area contributed by atoms with Gasteiger partial charge >= 0.3 is 6.16 Å². The Morgan fingerprint density at radius 1 is 0.550 bits per heavy atom. The van der Waals surface area contributed by atoms with Crippen molar-refractivity contribution in [3.8, 4) is 0 Å². The van der Waals surface area contributed by atoms with Crippen molar-refractivity contribution in [1.82, 2.24) is 0 Å². The van der Waals surface area contributed by atoms with Gasteiger partial charge in [0.1, 0.15) is 13.2 Å². The molecule has 17 heteroatoms. The summed E-state index contributed by atoms with van der Waals surface area (Å²) in [5.41, 5.74) is 0. The van der Waals surface area contributed by atoms with Gasteiger partial charge in [0.2, 0.25) is 20.6 Å². The van der Waals surface area contributed by atoms with E-state index in [9.17, 15) is 21.6 Å². The predicted molar refractivity (Wildman–Crippen MR) is 143 cm³/mol. The standard InChI is InChI=1S/C23H42O15S2/c1-29-5-7-31-9-11-33-19-21(3-17-39(25)26)35-13-15-37-23(24)38-16-14-36-22(4-18-40(27)28)20-34-12-10-32-8-6-30-2/h17-18,21-22H,3-16,19-20H2,1-2H3. The van der Waals surface area contributed by atoms with Gasteiger partial charge in [-0.2, -0.15) is 16.8 Å². The molecule has 2 atom stereocenters. The number of carbonyl (C=O) groups excluding carboxylic acids is 1. The van der Waals surface area contributed by atoms with Gasteiger partial charge in [0.15, 0.2) is 0 Å². The molecule has 0 heterocycles. The van der Waals surface area contributed by atoms with Gasteiger partial charge in [-0.1, -0.05) is 0 Å². The third kappa shape index (κ3) is 27.9. The third-order valence-corrected chi connectivity index (χ3v) is 5.45. The zero-order valence-corrected chi connectivity index (χ0v) is 24.7. The number of ether oxygens (including phenoxy) is 10. The summed E-state index contributed by atoms with van der Waals surface area (Å²) in [6.45, 7) is 3.02. The van der Waals surface area contributed by atoms with E-state index in [1.807, 2.05) is 0 Å². The summed E-state index contributed by atoms with van der Waals surface area (Å²) in [4.78, 5) is 11.8. The molecule has 40 heavy (non-hydrogen) atoms. The van der Waals surface area contributed by atoms with Gasteiger partial charge < -0.3 is 47.4 Å². The van der Waals surface area contributed by atoms with Crippen LogP contribution in [0.5, 0.6) is 0 Å². The molecular formula is C23H42O15S2. The fourth-order valence-electron chi connectivity index (χ4n) is 2.62. The summed E-state index contributed by atoms with van der Waals surface area (Å²) in [5.74, 6) is 0. The highest BCUT2D eigenvalue weighted by molar-refractivity contribution is 7.71. The molecule has 236 valence electrons. The van der Waals surface area contributed by atoms with Crippen LogP contribution in [0.25, 0.3) is 0 Å². The van der Waals surface area contributed by atoms with E-state index in [1.165, 1.54) is 0 Å². The fraction of sp³-hybridized carbons (Fsp3) is 0.870. The molecule has 0 aromatic carbocycles. The maximum absolute atomic E-state index is 11.8. The number of carbonyl (C=O) groups is 1. The molecule has 0 saturated heterocycles. The van der Waals surface area contributed by atoms with E-state index in [1.54, 1.807) is 14.2 Å². The van der Waals surface area contributed by atoms with Crippen molar-refractivity contribution >= 4 is 37.5 Å². The Morgan fingerprint density at radius 3 is 1.30 bits per heavy atom. The lowest BCUT2D eigenvalue weighted by Crippen LogP contribution is -2.25. The molecule has 0 rings (SSSR count). The van der Waals surface area contributed by atoms with Crippen LogP contribution in [0.15, 0.2) is 0 Å². The van der Waals surface area contributed by atoms with E-state index in [4.69, 9.17) is 47.4 Å². The highest BCUT2D eigenvalue weighted by Crippen LogP contribution is 2.01. The summed E-state index contributed by atoms with van der Waals surface area (Å²) in [6.07, 6.45) is -1.91. The highest BCUT2D eigenvalue weighted by atomic mass is 32.2. The average Bonchev–Trinajstić information content (AvgIpc) is 2.92. The largest absolute Gasteiger partial charge is 0.508 e. The second-order valence-electron chi connectivity index (χ2n) is 7.62. The summed E-state index contributed by atoms with van der Waals surface area (Å²) >= 11 is 0. The van der Waals surface area contributed by atoms with Crippen LogP contribution in [0.4, 0.5) is 4.79 Å². The first-order valence-electron chi connectivity index (χ1n) is 12.5. The van der Waals surface area contributed by atoms with Crippen molar-refractivity contribution in [2.24, 2.45) is 0 Å². The first kappa shape index (κ1) is 38.3. The molecular weight excluding hydrogens is 580 g/mol. The molecule has 0 aliphatic heterocycles. The maximum Gasteiger partial charge on any atom is 0.508 e. The molecule has 2 unspecified atom stereocenters. The first-order chi connectivity index (χ1) is 19.4. The number of hydrogen-bond acceptors (Lipinski definition) is 15. The van der Waals surface area contributed by atoms with Crippen LogP contribution in [0, 0.1) is 0 Å². The first-order valence-corrected chi connectivity index (χ1v) is 14.8. The van der Waals surface area contributed by atoms with E-state index < -0.39 is 38.9 Å². The van der Waals surface area contributed by atoms with Gasteiger partial charge in [-0.3, -0.25) is 0 Å². The monoisotopic (exact) mass is 622 g/mol. The van der Waals surface area contributed by atoms with Crippen molar-refractivity contribution < 1.29 is 69.0 Å². The van der Waals surface area contributed by atoms with E-state index in [-0.39, 0.29) is 65.7 Å². The zero-order valence-electron chi connectivity index (χ0n) is 23.1. The van der Waals surface area contributed by atoms with Crippen molar-refractivity contribution in [2.45, 2.75) is 25.0 Å². The molecule has 0 radical (unpaired) electrons. The smallest absolute Gasteiger partial charge is 0.432 e. The minimum Gasteiger partial charge on any atom is -0.432 e. The second kappa shape index (κ2) is 28.8. The highest BCUT2D eigenvalue weighted by Gasteiger charge is 2.12. The molecule has 0 aromatic rings. The van der Waals surface area contributed by atoms with Gasteiger partial charge in [0.25, 0.3) is 0 Å². The normalized spacial score (nSPS) is 12.4. The molecule has 0 fully saturated rings. The van der Waals surface area contributed by atoms with Gasteiger partial charge in [0, 0.05) is 37.8 Å². The van der Waals surface area contributed by atoms with Crippen LogP contribution in [0.3, 0.4) is 0 Å². The van der Waals surface area contributed by atoms with Crippen molar-refractivity contribution in [1.29, 1.82) is 0 Å². The van der Waals surface area contributed by atoms with Gasteiger partial charge in [-0.15, -0.1) is 0 Å². The summed E-state index contributed by atoms with van der Waals surface area (Å²) in [5, 5.41) is 2.11. The number of hydrogen-bond donors (Lipinski definition) is 0. The van der Waals surface area contributed by atoms with Crippen LogP contribution < -0.4 is 0 Å². The van der Waals surface area contributed by atoms with Crippen molar-refractivity contribution in [3.05, 3.63) is 0 Å². The molecule has 0 bridgehead atoms. The molecule has 0 N–H and O–H groups in total. The van der Waals surface area contributed by atoms with Crippen molar-refractivity contribution in [3.63, 3.8) is 0 Å². The Balaban J connectivity index is 4.17. The van der Waals surface area contributed by atoms with Gasteiger partial charge in [0.05, 0.1) is 91.5 Å². The van der Waals surface area contributed by atoms with Crippen LogP contribution in [0.1, 0.15) is 12.8 Å². The van der Waals surface area contributed by atoms with Crippen LogP contribution >= 0.6 is 0 Å². The SMILES string of the molecule is COCCOCCOCC(CC=S(=O)=O)OCCOC(=O)OCCOC(CC=S(=O)=O)COCCOCCOC. The van der Waals surface area contributed by atoms with Crippen LogP contribution in [-0.2, 0) is 68.0 Å². The molecule has 15 nitrogen and oxygen atoms in total. The van der Waals surface area contributed by atoms with E-state index in [0.29, 0.717) is 39.6 Å². The molecule has 0 aliphatic rings. The summed E-state index contributed by atoms with van der Waals surface area (Å²) in [6, 6.07) is 0. The maximum atomic E-state index is 11.8. The lowest BCUT2D eigenvalue weighted by Gasteiger charge is -2.17. The number of rotatable bonds is 28. The minimum absolute atomic E-state index is 0.0138. The average molecular weight is 623 g/mol. The Kier molecular flexibility index (Phi) is 27.6. The molecule has 0 saturated carbocycles. The van der Waals surface area contributed by atoms with Crippen LogP contribution in [-0.4, -0.2) is 153 Å². The Hall–Kier alpha value is -1.67. The minimum atomic E-state index is -2.35. The lowest BCUT2D eigenvalue weighted by molar-refractivity contribution is -0.0529. The second-order valence-corrected chi connectivity index (χ2v) is 9.33. The quantitative estimate of drug-likeness (QED) is 0.0614. The predicted octanol–water partition coefficient (Wildman–Crippen LogP) is -0.588. The Labute approximate surface area is 238 Å². The fourth-order valence-corrected chi connectivity index (χ4v) is 3.36. The van der Waals surface area contributed by atoms with Gasteiger partial charge in [-0.25, -0.2) is 4.79 Å². The van der Waals surface area contributed by atoms with Crippen molar-refractivity contribution in [2.75, 3.05) is 107 Å². The Morgan fingerprint density at radius 2 is 0.925 bits per heavy atom. The molecule has 0 amide bonds. The Bertz CT molecular complexity index is 791. The third-order valence-electron chi connectivity index (χ3n) is 4.52. The summed E-state index contributed by atoms with van der Waals surface area (Å²) < 4.78 is 95.3. The lowest BCUT2D eigenvalue weighted by atomic mass is 10.3. The zero-order chi connectivity index (χ0) is 29.7. The summed E-state index contributed by atoms with van der Waals surface area (Å²) in [7, 11) is -1.56. The molecule has 0 aliphatic carbocycles.